The molecule has 1 saturated heterocycles. The van der Waals surface area contributed by atoms with Crippen LogP contribution in [0.4, 0.5) is 5.69 Å². The Labute approximate surface area is 263 Å². The standard InChI is InChI=1S/C33H32ClN5O6/c1-17-20(7-6-10-24(17)35-29(40)23-16-37(2)33(44)38(3)31(23)41)21-8-5-9-22(28(21)34)25-13-18-11-12-26(27(18)30(36-25)45-4)39-14-19(15-39)32(42)43/h5-10,13,16,19,26H,11-12,14-15H2,1-4H3,(H,35,40)(H,42,43)/t26-/m1/s1. The zero-order valence-corrected chi connectivity index (χ0v) is 26.0. The second kappa shape index (κ2) is 11.6. The number of nitrogens with zero attached hydrogens (tertiary/aromatic N) is 4. The van der Waals surface area contributed by atoms with E-state index in [1.54, 1.807) is 19.2 Å². The van der Waals surface area contributed by atoms with Gasteiger partial charge in [-0.25, -0.2) is 9.78 Å². The molecule has 0 spiro atoms. The number of fused-ring (bicyclic) bond motifs is 1. The van der Waals surface area contributed by atoms with Crippen LogP contribution < -0.4 is 21.3 Å². The van der Waals surface area contributed by atoms with Crippen molar-refractivity contribution < 1.29 is 19.4 Å². The molecule has 1 atom stereocenters. The van der Waals surface area contributed by atoms with E-state index in [0.717, 1.165) is 50.8 Å². The first-order chi connectivity index (χ1) is 21.5. The van der Waals surface area contributed by atoms with Gasteiger partial charge in [-0.3, -0.25) is 23.9 Å². The SMILES string of the molecule is COc1nc(-c2cccc(-c3cccc(NC(=O)c4cn(C)c(=O)n(C)c4=O)c3C)c2Cl)cc2c1[C@H](N1CC(C(=O)O)C1)CC2. The minimum absolute atomic E-state index is 0.0652. The highest BCUT2D eigenvalue weighted by atomic mass is 35.5. The van der Waals surface area contributed by atoms with Crippen LogP contribution in [0.2, 0.25) is 5.02 Å². The Morgan fingerprint density at radius 3 is 2.47 bits per heavy atom. The van der Waals surface area contributed by atoms with E-state index in [9.17, 15) is 24.3 Å². The topological polar surface area (TPSA) is 136 Å². The molecule has 2 aliphatic rings. The van der Waals surface area contributed by atoms with Crippen molar-refractivity contribution in [2.24, 2.45) is 20.0 Å². The first-order valence-corrected chi connectivity index (χ1v) is 14.9. The highest BCUT2D eigenvalue weighted by molar-refractivity contribution is 6.36. The Hall–Kier alpha value is -4.74. The van der Waals surface area contributed by atoms with Crippen LogP contribution in [0, 0.1) is 12.8 Å². The Kier molecular flexibility index (Phi) is 7.84. The number of carboxylic acid groups (broad SMARTS) is 1. The predicted octanol–water partition coefficient (Wildman–Crippen LogP) is 4.04. The molecule has 1 aliphatic carbocycles. The van der Waals surface area contributed by atoms with E-state index < -0.39 is 23.1 Å². The van der Waals surface area contributed by atoms with Crippen molar-refractivity contribution in [3.8, 4) is 28.3 Å². The Bertz CT molecular complexity index is 1990. The van der Waals surface area contributed by atoms with Crippen molar-refractivity contribution in [3.63, 3.8) is 0 Å². The van der Waals surface area contributed by atoms with Gasteiger partial charge < -0.3 is 19.7 Å². The number of anilines is 1. The molecule has 45 heavy (non-hydrogen) atoms. The van der Waals surface area contributed by atoms with Crippen LogP contribution >= 0.6 is 11.6 Å². The third kappa shape index (κ3) is 5.21. The number of methoxy groups -OCH3 is 1. The smallest absolute Gasteiger partial charge is 0.330 e. The fourth-order valence-electron chi connectivity index (χ4n) is 6.32. The molecular formula is C33H32ClN5O6. The average molecular weight is 630 g/mol. The Balaban J connectivity index is 1.32. The van der Waals surface area contributed by atoms with Gasteiger partial charge in [0.2, 0.25) is 5.88 Å². The number of hydrogen-bond donors (Lipinski definition) is 2. The molecule has 0 unspecified atom stereocenters. The summed E-state index contributed by atoms with van der Waals surface area (Å²) in [7, 11) is 4.39. The molecule has 1 amide bonds. The van der Waals surface area contributed by atoms with Crippen LogP contribution in [0.5, 0.6) is 5.88 Å². The van der Waals surface area contributed by atoms with Crippen molar-refractivity contribution in [3.05, 3.63) is 96.8 Å². The molecule has 2 aromatic carbocycles. The second-order valence-electron chi connectivity index (χ2n) is 11.5. The lowest BCUT2D eigenvalue weighted by atomic mass is 9.94. The van der Waals surface area contributed by atoms with Crippen molar-refractivity contribution in [1.29, 1.82) is 0 Å². The van der Waals surface area contributed by atoms with Gasteiger partial charge in [-0.15, -0.1) is 0 Å². The lowest BCUT2D eigenvalue weighted by Crippen LogP contribution is -2.51. The number of amides is 1. The van der Waals surface area contributed by atoms with Crippen LogP contribution in [0.3, 0.4) is 0 Å². The van der Waals surface area contributed by atoms with Gasteiger partial charge in [-0.2, -0.15) is 0 Å². The molecule has 2 N–H and O–H groups in total. The van der Waals surface area contributed by atoms with Crippen LogP contribution in [-0.2, 0) is 25.3 Å². The Morgan fingerprint density at radius 2 is 1.76 bits per heavy atom. The van der Waals surface area contributed by atoms with Crippen LogP contribution in [0.25, 0.3) is 22.4 Å². The molecule has 2 aromatic heterocycles. The fraction of sp³-hybridized carbons (Fsp3) is 0.303. The highest BCUT2D eigenvalue weighted by Crippen LogP contribution is 2.46. The largest absolute Gasteiger partial charge is 0.481 e. The number of halogens is 1. The number of rotatable bonds is 7. The van der Waals surface area contributed by atoms with Gasteiger partial charge in [0.1, 0.15) is 5.56 Å². The maximum atomic E-state index is 13.1. The molecule has 12 heteroatoms. The number of nitrogens with one attached hydrogen (secondary N) is 1. The molecule has 232 valence electrons. The lowest BCUT2D eigenvalue weighted by molar-refractivity contribution is -0.148. The molecular weight excluding hydrogens is 598 g/mol. The molecule has 0 bridgehead atoms. The molecule has 1 fully saturated rings. The number of hydrogen-bond acceptors (Lipinski definition) is 7. The van der Waals surface area contributed by atoms with Crippen LogP contribution in [-0.4, -0.2) is 56.2 Å². The summed E-state index contributed by atoms with van der Waals surface area (Å²) in [4.78, 5) is 56.2. The van der Waals surface area contributed by atoms with E-state index in [4.69, 9.17) is 21.3 Å². The normalized spacial score (nSPS) is 16.2. The van der Waals surface area contributed by atoms with Crippen molar-refractivity contribution >= 4 is 29.2 Å². The first kappa shape index (κ1) is 30.3. The third-order valence-corrected chi connectivity index (χ3v) is 9.27. The van der Waals surface area contributed by atoms with E-state index in [-0.39, 0.29) is 17.5 Å². The summed E-state index contributed by atoms with van der Waals surface area (Å²) in [6.07, 6.45) is 2.91. The van der Waals surface area contributed by atoms with Gasteiger partial charge in [0, 0.05) is 61.8 Å². The summed E-state index contributed by atoms with van der Waals surface area (Å²) in [5.41, 5.74) is 4.89. The number of aryl methyl sites for hydroxylation is 2. The van der Waals surface area contributed by atoms with Crippen molar-refractivity contribution in [2.75, 3.05) is 25.5 Å². The summed E-state index contributed by atoms with van der Waals surface area (Å²) in [5, 5.41) is 12.6. The molecule has 0 saturated carbocycles. The molecule has 0 radical (unpaired) electrons. The van der Waals surface area contributed by atoms with Gasteiger partial charge in [0.05, 0.1) is 23.7 Å². The van der Waals surface area contributed by atoms with Crippen molar-refractivity contribution in [2.45, 2.75) is 25.8 Å². The number of ether oxygens (including phenoxy) is 1. The fourth-order valence-corrected chi connectivity index (χ4v) is 6.64. The van der Waals surface area contributed by atoms with Crippen molar-refractivity contribution in [1.82, 2.24) is 19.0 Å². The first-order valence-electron chi connectivity index (χ1n) is 14.5. The molecule has 4 aromatic rings. The van der Waals surface area contributed by atoms with Crippen LogP contribution in [0.1, 0.15) is 39.5 Å². The average Bonchev–Trinajstić information content (AvgIpc) is 3.41. The second-order valence-corrected chi connectivity index (χ2v) is 11.9. The number of likely N-dealkylation sites (tertiary alicyclic amines) is 1. The van der Waals surface area contributed by atoms with Gasteiger partial charge >= 0.3 is 11.7 Å². The van der Waals surface area contributed by atoms with Gasteiger partial charge in [-0.05, 0) is 48.6 Å². The van der Waals surface area contributed by atoms with Crippen LogP contribution in [0.15, 0.2) is 58.3 Å². The summed E-state index contributed by atoms with van der Waals surface area (Å²) in [5.74, 6) is -1.23. The predicted molar refractivity (Wildman–Crippen MR) is 170 cm³/mol. The zero-order valence-electron chi connectivity index (χ0n) is 25.3. The number of carboxylic acids is 1. The van der Waals surface area contributed by atoms with E-state index in [1.807, 2.05) is 37.3 Å². The van der Waals surface area contributed by atoms with E-state index in [1.165, 1.54) is 24.9 Å². The quantitative estimate of drug-likeness (QED) is 0.313. The van der Waals surface area contributed by atoms with E-state index in [2.05, 4.69) is 10.2 Å². The van der Waals surface area contributed by atoms with Gasteiger partial charge in [0.25, 0.3) is 11.5 Å². The molecule has 11 nitrogen and oxygen atoms in total. The maximum Gasteiger partial charge on any atom is 0.330 e. The molecule has 1 aliphatic heterocycles. The van der Waals surface area contributed by atoms with E-state index in [0.29, 0.717) is 35.4 Å². The number of aliphatic carboxylic acids is 1. The number of pyridine rings is 1. The number of carbonyl (C=O) groups excluding carboxylic acids is 1. The summed E-state index contributed by atoms with van der Waals surface area (Å²) in [6.45, 7) is 2.88. The Morgan fingerprint density at radius 1 is 1.07 bits per heavy atom. The van der Waals surface area contributed by atoms with E-state index >= 15 is 0 Å². The minimum Gasteiger partial charge on any atom is -0.481 e. The molecule has 6 rings (SSSR count). The number of aromatic nitrogens is 3. The number of benzene rings is 2. The van der Waals surface area contributed by atoms with Gasteiger partial charge in [0.15, 0.2) is 0 Å². The highest BCUT2D eigenvalue weighted by Gasteiger charge is 2.41. The lowest BCUT2D eigenvalue weighted by Gasteiger charge is -2.41. The monoisotopic (exact) mass is 629 g/mol. The molecule has 3 heterocycles. The summed E-state index contributed by atoms with van der Waals surface area (Å²) in [6, 6.07) is 13.2. The summed E-state index contributed by atoms with van der Waals surface area (Å²) < 4.78 is 7.84. The third-order valence-electron chi connectivity index (χ3n) is 8.86. The number of carbonyl (C=O) groups is 2. The minimum atomic E-state index is -0.766. The van der Waals surface area contributed by atoms with Gasteiger partial charge in [-0.1, -0.05) is 41.9 Å². The zero-order chi connectivity index (χ0) is 32.2. The maximum absolute atomic E-state index is 13.1. The summed E-state index contributed by atoms with van der Waals surface area (Å²) >= 11 is 7.07.